The lowest BCUT2D eigenvalue weighted by Crippen LogP contribution is -2.50. The van der Waals surface area contributed by atoms with Gasteiger partial charge in [-0.2, -0.15) is 0 Å². The maximum absolute atomic E-state index is 14.1. The molecule has 8 heterocycles. The van der Waals surface area contributed by atoms with Gasteiger partial charge in [0.05, 0.1) is 120 Å². The number of aliphatic hydroxyl groups is 2. The van der Waals surface area contributed by atoms with Crippen molar-refractivity contribution in [2.45, 2.75) is 356 Å². The molecule has 25 nitrogen and oxygen atoms in total. The van der Waals surface area contributed by atoms with Crippen LogP contribution in [-0.4, -0.2) is 194 Å². The molecule has 0 radical (unpaired) electrons. The molecule has 4 saturated heterocycles. The van der Waals surface area contributed by atoms with E-state index in [1.165, 1.54) is 50.4 Å². The Balaban J connectivity index is 0.000000179. The third-order valence-electron chi connectivity index (χ3n) is 28.1. The highest BCUT2D eigenvalue weighted by molar-refractivity contribution is 7.16. The number of nitrogens with zero attached hydrogens (tertiary/aromatic N) is 4. The van der Waals surface area contributed by atoms with Crippen molar-refractivity contribution in [2.75, 3.05) is 86.7 Å². The third kappa shape index (κ3) is 32.1. The van der Waals surface area contributed by atoms with Gasteiger partial charge in [-0.05, 0) is 302 Å². The zero-order valence-electron chi connectivity index (χ0n) is 97.4. The van der Waals surface area contributed by atoms with Gasteiger partial charge >= 0.3 is 23.9 Å². The topological polar surface area (TPSA) is 325 Å². The number of hydrogen-bond donors (Lipinski definition) is 4. The van der Waals surface area contributed by atoms with E-state index in [0.29, 0.717) is 189 Å². The number of Topliss-reactive ketones (excluding diaryl/α,β-unsaturated/α-hetero) is 1. The second-order valence-corrected chi connectivity index (χ2v) is 46.6. The highest BCUT2D eigenvalue weighted by Crippen LogP contribution is 2.49. The molecule has 0 aromatic carbocycles. The molecule has 29 heteroatoms. The molecular formula is C114H152N4O21S4. The van der Waals surface area contributed by atoms with E-state index in [9.17, 15) is 58.5 Å². The SMILES string of the molecule is O[C@H]1CCOC1.[2H]C([2H])([2H])C(C)(C)C#Cc1cc(N(C(=O)[C@H]2CC=C(C)CC2)C2CCC(=O)CC2)c(C(=O)OC)s1.[2H]C([2H])([2H])C(C)(C)C#Cc1cc(N(C(=O)[C@H]2CC=C(C)CC2)C2CCC(O)(CO[C@H]3CCOC3)CC2)c(C(=O)O)s1.[2H]C([2H])([2H])C(C)(C)C#Cc1cc(N(C(=O)[C@H]2CC=C(C)CC2)C2CCC3(CC2)CO3)c(C(=O)O)s1.[2H]C([2H])([2H])C(C)(C)C#Cc1cc(N(C(=O)[C@H]2CC=C(C)CC2)C2CCC3(CC2)OCCO3)c(C(=O)OC)s1. The molecule has 8 fully saturated rings. The minimum absolute atomic E-state index is 0.00211. The van der Waals surface area contributed by atoms with Crippen LogP contribution in [0.2, 0.25) is 0 Å². The Hall–Kier alpha value is -8.89. The molecule has 4 N–H and O–H groups in total. The first-order valence-corrected chi connectivity index (χ1v) is 53.7. The van der Waals surface area contributed by atoms with E-state index >= 15 is 0 Å². The summed E-state index contributed by atoms with van der Waals surface area (Å²) < 4.78 is 137. The number of aromatic carboxylic acids is 2. The summed E-state index contributed by atoms with van der Waals surface area (Å²) in [5.74, 6) is 18.1. The zero-order chi connectivity index (χ0) is 114. The minimum atomic E-state index is -2.31. The summed E-state index contributed by atoms with van der Waals surface area (Å²) >= 11 is 4.18. The third-order valence-corrected chi connectivity index (χ3v) is 32.2. The van der Waals surface area contributed by atoms with Crippen LogP contribution in [0.3, 0.4) is 0 Å². The lowest BCUT2D eigenvalue weighted by molar-refractivity contribution is -0.179. The molecule has 4 aromatic rings. The first kappa shape index (κ1) is 96.3. The van der Waals surface area contributed by atoms with Crippen molar-refractivity contribution in [2.24, 2.45) is 45.3 Å². The molecule has 778 valence electrons. The van der Waals surface area contributed by atoms with Crippen molar-refractivity contribution >= 4 is 121 Å². The number of epoxide rings is 1. The number of aliphatic hydroxyl groups excluding tert-OH is 1. The number of anilines is 4. The van der Waals surface area contributed by atoms with E-state index in [-0.39, 0.29) is 116 Å². The molecule has 6 atom stereocenters. The van der Waals surface area contributed by atoms with Gasteiger partial charge in [0.1, 0.15) is 25.3 Å². The second-order valence-electron chi connectivity index (χ2n) is 42.4. The van der Waals surface area contributed by atoms with Crippen molar-refractivity contribution in [1.82, 2.24) is 0 Å². The Morgan fingerprint density at radius 1 is 0.427 bits per heavy atom. The number of carbonyl (C=O) groups is 9. The molecule has 8 aliphatic carbocycles. The first-order chi connectivity index (χ1) is 72.6. The lowest BCUT2D eigenvalue weighted by atomic mass is 9.81. The van der Waals surface area contributed by atoms with E-state index in [1.54, 1.807) is 85.4 Å². The predicted octanol–water partition coefficient (Wildman–Crippen LogP) is 22.0. The van der Waals surface area contributed by atoms with Crippen LogP contribution in [0.4, 0.5) is 22.7 Å². The van der Waals surface area contributed by atoms with Crippen LogP contribution in [0.25, 0.3) is 0 Å². The maximum atomic E-state index is 14.1. The average molecular weight is 2050 g/mol. The van der Waals surface area contributed by atoms with Gasteiger partial charge in [0, 0.05) is 125 Å². The Morgan fingerprint density at radius 2 is 0.741 bits per heavy atom. The number of rotatable bonds is 19. The van der Waals surface area contributed by atoms with Crippen LogP contribution < -0.4 is 19.6 Å². The van der Waals surface area contributed by atoms with E-state index in [2.05, 4.69) is 92.4 Å². The molecule has 12 aliphatic rings. The molecule has 4 amide bonds. The Kier molecular flexibility index (Phi) is 33.5. The number of carbonyl (C=O) groups excluding carboxylic acids is 7. The largest absolute Gasteiger partial charge is 0.477 e. The van der Waals surface area contributed by atoms with Gasteiger partial charge in [0.2, 0.25) is 23.6 Å². The van der Waals surface area contributed by atoms with Crippen molar-refractivity contribution in [1.29, 1.82) is 0 Å². The number of esters is 2. The number of carboxylic acid groups (broad SMARTS) is 2. The molecule has 0 bridgehead atoms. The number of carboxylic acids is 2. The van der Waals surface area contributed by atoms with Gasteiger partial charge < -0.3 is 77.9 Å². The van der Waals surface area contributed by atoms with Crippen molar-refractivity contribution in [3.63, 3.8) is 0 Å². The first-order valence-electron chi connectivity index (χ1n) is 56.5. The van der Waals surface area contributed by atoms with Crippen LogP contribution in [-0.2, 0) is 61.9 Å². The van der Waals surface area contributed by atoms with Crippen LogP contribution in [0.5, 0.6) is 0 Å². The normalized spacial score (nSPS) is 25.7. The monoisotopic (exact) mass is 2050 g/mol. The molecule has 143 heavy (non-hydrogen) atoms. The molecular weight excluding hydrogens is 1890 g/mol. The summed E-state index contributed by atoms with van der Waals surface area (Å²) in [4.78, 5) is 127. The Bertz CT molecular complexity index is 6100. The number of methoxy groups -OCH3 is 2. The maximum Gasteiger partial charge on any atom is 0.350 e. The highest BCUT2D eigenvalue weighted by atomic mass is 32.1. The van der Waals surface area contributed by atoms with Crippen LogP contribution in [0.15, 0.2) is 70.9 Å². The van der Waals surface area contributed by atoms with Crippen LogP contribution in [0.1, 0.15) is 378 Å². The fraction of sp³-hybridized carbons (Fsp3) is 0.640. The van der Waals surface area contributed by atoms with Crippen molar-refractivity contribution in [3.05, 3.63) is 110 Å². The molecule has 0 unspecified atom stereocenters. The van der Waals surface area contributed by atoms with Crippen LogP contribution >= 0.6 is 45.3 Å². The summed E-state index contributed by atoms with van der Waals surface area (Å²) in [7, 11) is 2.60. The highest BCUT2D eigenvalue weighted by Gasteiger charge is 2.51. The molecule has 4 aliphatic heterocycles. The number of ketones is 1. The standard InChI is InChI=1S/C30H41NO6S.C28H37NO5S.2C26H33NO4S.C4H8O2/c1-20-5-7-21(8-6-20)27(32)31(25-17-24(11-13-29(2,3)4)38-26(25)28(33)34)22-9-14-30(35,15-10-22)19-37-23-12-16-36-18-23;1-19-6-8-20(9-7-19)25(30)29(21-10-14-28(15-11-21)33-16-17-34-28)23-18-22(12-13-27(2,3)4)35-24(23)26(31)32-5;1-17-5-7-18(8-6-17)23(28)27(19-9-13-26(14-10-19)16-31-26)21-15-20(11-12-25(2,3)4)32-22(21)24(29)30;1-17-6-8-18(9-7-17)24(29)27(19-10-12-20(28)13-11-19)22-16-21(14-15-26(2,3)4)32-23(22)25(30)31-5;5-4-1-2-6-3-4/h5,17,21-23,35H,6-10,12,14-16,18-19H2,1-4H3,(H,33,34);6,18,20-21H,7-11,14-17H2,1-5H3;5,15,18-19H,6-10,13-14,16H2,1-4H3,(H,29,30);6,16,18-19H,7-13H2,1-5H3;4-5H,1-3H2/t21-,22?,23-,30?;20-;18-,19?,26?;18-;4-/m00000/s1/i4*2D3;. The van der Waals surface area contributed by atoms with E-state index < -0.39 is 84.3 Å². The quantitative estimate of drug-likeness (QED) is 0.0293. The smallest absolute Gasteiger partial charge is 0.350 e. The average Bonchev–Trinajstić information content (AvgIpc) is 1.62. The summed E-state index contributed by atoms with van der Waals surface area (Å²) in [5, 5.41) is 40.0. The van der Waals surface area contributed by atoms with E-state index in [4.69, 9.17) is 59.5 Å². The fourth-order valence-electron chi connectivity index (χ4n) is 19.7. The minimum Gasteiger partial charge on any atom is -0.477 e. The lowest BCUT2D eigenvalue weighted by Gasteiger charge is -2.42. The second kappa shape index (κ2) is 49.7. The number of hydrogen-bond acceptors (Lipinski definition) is 23. The Labute approximate surface area is 880 Å². The van der Waals surface area contributed by atoms with Gasteiger partial charge in [0.25, 0.3) is 0 Å². The molecule has 2 spiro atoms. The van der Waals surface area contributed by atoms with E-state index in [0.717, 1.165) is 142 Å². The van der Waals surface area contributed by atoms with Gasteiger partial charge in [-0.3, -0.25) is 24.0 Å². The number of allylic oxidation sites excluding steroid dienone is 8. The zero-order valence-corrected chi connectivity index (χ0v) is 88.7. The predicted molar refractivity (Wildman–Crippen MR) is 562 cm³/mol. The number of thiophene rings is 4. The van der Waals surface area contributed by atoms with Crippen molar-refractivity contribution < 1.29 is 118 Å². The molecule has 4 aromatic heterocycles. The van der Waals surface area contributed by atoms with Gasteiger partial charge in [-0.25, -0.2) is 19.2 Å². The van der Waals surface area contributed by atoms with Crippen LogP contribution in [0, 0.1) is 92.7 Å². The summed E-state index contributed by atoms with van der Waals surface area (Å²) in [6.07, 6.45) is 28.4. The summed E-state index contributed by atoms with van der Waals surface area (Å²) in [6, 6.07) is 5.98. The fourth-order valence-corrected chi connectivity index (χ4v) is 23.2. The van der Waals surface area contributed by atoms with Gasteiger partial charge in [-0.15, -0.1) is 45.3 Å². The van der Waals surface area contributed by atoms with Crippen molar-refractivity contribution in [3.8, 4) is 47.4 Å². The van der Waals surface area contributed by atoms with Gasteiger partial charge in [-0.1, -0.05) is 94.0 Å². The number of amides is 4. The summed E-state index contributed by atoms with van der Waals surface area (Å²) in [5.41, 5.74) is 0.617. The molecule has 16 rings (SSSR count). The van der Waals surface area contributed by atoms with Gasteiger partial charge in [0.15, 0.2) is 5.79 Å². The molecule has 4 saturated carbocycles. The Morgan fingerprint density at radius 3 is 1.02 bits per heavy atom. The summed E-state index contributed by atoms with van der Waals surface area (Å²) in [6.45, 7) is 16.1. The van der Waals surface area contributed by atoms with E-state index in [1.807, 2.05) is 6.92 Å². The number of ether oxygens (including phenoxy) is 8.